The van der Waals surface area contributed by atoms with Crippen molar-refractivity contribution in [2.24, 2.45) is 0 Å². The molecular formula is C21H19F2N3O2. The summed E-state index contributed by atoms with van der Waals surface area (Å²) in [5, 5.41) is 5.73. The van der Waals surface area contributed by atoms with Crippen LogP contribution in [-0.2, 0) is 6.42 Å². The van der Waals surface area contributed by atoms with Gasteiger partial charge in [-0.3, -0.25) is 9.78 Å². The van der Waals surface area contributed by atoms with Gasteiger partial charge in [0.25, 0.3) is 5.91 Å². The quantitative estimate of drug-likeness (QED) is 0.639. The van der Waals surface area contributed by atoms with E-state index in [4.69, 9.17) is 4.74 Å². The fourth-order valence-electron chi connectivity index (χ4n) is 2.62. The van der Waals surface area contributed by atoms with Gasteiger partial charge in [-0.15, -0.1) is 0 Å². The SMILES string of the molecule is COc1cccc(CCNc2cncc(C(=O)Nc3ccc(F)c(F)c3)c2)c1. The molecule has 0 fully saturated rings. The highest BCUT2D eigenvalue weighted by molar-refractivity contribution is 6.04. The van der Waals surface area contributed by atoms with Crippen molar-refractivity contribution in [3.8, 4) is 5.75 Å². The number of aromatic nitrogens is 1. The third-order valence-electron chi connectivity index (χ3n) is 4.05. The van der Waals surface area contributed by atoms with Crippen molar-refractivity contribution in [1.29, 1.82) is 0 Å². The summed E-state index contributed by atoms with van der Waals surface area (Å²) in [6, 6.07) is 12.6. The molecule has 0 radical (unpaired) electrons. The number of ether oxygens (including phenoxy) is 1. The normalized spacial score (nSPS) is 10.4. The summed E-state index contributed by atoms with van der Waals surface area (Å²) in [6.45, 7) is 0.642. The number of anilines is 2. The molecule has 7 heteroatoms. The smallest absolute Gasteiger partial charge is 0.257 e. The predicted octanol–water partition coefficient (Wildman–Crippen LogP) is 4.28. The lowest BCUT2D eigenvalue weighted by molar-refractivity contribution is 0.102. The summed E-state index contributed by atoms with van der Waals surface area (Å²) in [4.78, 5) is 16.4. The van der Waals surface area contributed by atoms with Gasteiger partial charge in [-0.2, -0.15) is 0 Å². The van der Waals surface area contributed by atoms with Gasteiger partial charge in [-0.1, -0.05) is 12.1 Å². The van der Waals surface area contributed by atoms with Gasteiger partial charge in [-0.05, 0) is 42.3 Å². The molecule has 0 atom stereocenters. The second kappa shape index (κ2) is 8.94. The highest BCUT2D eigenvalue weighted by Crippen LogP contribution is 2.16. The van der Waals surface area contributed by atoms with E-state index in [0.29, 0.717) is 17.8 Å². The molecule has 1 aromatic heterocycles. The molecule has 0 aliphatic rings. The number of rotatable bonds is 7. The number of hydrogen-bond donors (Lipinski definition) is 2. The Morgan fingerprint density at radius 1 is 1.04 bits per heavy atom. The lowest BCUT2D eigenvalue weighted by atomic mass is 10.1. The van der Waals surface area contributed by atoms with Gasteiger partial charge in [0.05, 0.1) is 18.4 Å². The van der Waals surface area contributed by atoms with Gasteiger partial charge in [-0.25, -0.2) is 8.78 Å². The third-order valence-corrected chi connectivity index (χ3v) is 4.05. The molecule has 28 heavy (non-hydrogen) atoms. The number of pyridine rings is 1. The maximum atomic E-state index is 13.3. The number of halogens is 2. The first kappa shape index (κ1) is 19.3. The zero-order valence-corrected chi connectivity index (χ0v) is 15.2. The van der Waals surface area contributed by atoms with E-state index in [1.54, 1.807) is 19.4 Å². The Morgan fingerprint density at radius 2 is 1.89 bits per heavy atom. The van der Waals surface area contributed by atoms with Crippen molar-refractivity contribution in [3.63, 3.8) is 0 Å². The van der Waals surface area contributed by atoms with Crippen LogP contribution in [-0.4, -0.2) is 24.5 Å². The number of hydrogen-bond acceptors (Lipinski definition) is 4. The first-order chi connectivity index (χ1) is 13.5. The van der Waals surface area contributed by atoms with Crippen LogP contribution < -0.4 is 15.4 Å². The van der Waals surface area contributed by atoms with Crippen molar-refractivity contribution >= 4 is 17.3 Å². The van der Waals surface area contributed by atoms with Crippen LogP contribution in [0.4, 0.5) is 20.2 Å². The largest absolute Gasteiger partial charge is 0.497 e. The molecule has 0 spiro atoms. The number of benzene rings is 2. The molecule has 0 aliphatic carbocycles. The summed E-state index contributed by atoms with van der Waals surface area (Å²) in [7, 11) is 1.62. The van der Waals surface area contributed by atoms with Crippen molar-refractivity contribution in [1.82, 2.24) is 4.98 Å². The van der Waals surface area contributed by atoms with Crippen LogP contribution in [0, 0.1) is 11.6 Å². The lowest BCUT2D eigenvalue weighted by Gasteiger charge is -2.09. The summed E-state index contributed by atoms with van der Waals surface area (Å²) >= 11 is 0. The molecule has 3 aromatic rings. The minimum absolute atomic E-state index is 0.167. The van der Waals surface area contributed by atoms with Crippen LogP contribution in [0.5, 0.6) is 5.75 Å². The van der Waals surface area contributed by atoms with Crippen molar-refractivity contribution < 1.29 is 18.3 Å². The van der Waals surface area contributed by atoms with Gasteiger partial charge >= 0.3 is 0 Å². The summed E-state index contributed by atoms with van der Waals surface area (Å²) < 4.78 is 31.5. The predicted molar refractivity (Wildman–Crippen MR) is 104 cm³/mol. The zero-order valence-electron chi connectivity index (χ0n) is 15.2. The Balaban J connectivity index is 1.59. The molecule has 5 nitrogen and oxygen atoms in total. The second-order valence-electron chi connectivity index (χ2n) is 6.07. The number of methoxy groups -OCH3 is 1. The van der Waals surface area contributed by atoms with Crippen molar-refractivity contribution in [2.45, 2.75) is 6.42 Å². The van der Waals surface area contributed by atoms with Crippen molar-refractivity contribution in [2.75, 3.05) is 24.3 Å². The molecule has 0 bridgehead atoms. The number of nitrogens with one attached hydrogen (secondary N) is 2. The first-order valence-electron chi connectivity index (χ1n) is 8.63. The van der Waals surface area contributed by atoms with Gasteiger partial charge in [0.1, 0.15) is 5.75 Å². The van der Waals surface area contributed by atoms with Gasteiger partial charge in [0.2, 0.25) is 0 Å². The van der Waals surface area contributed by atoms with Crippen LogP contribution in [0.3, 0.4) is 0 Å². The molecule has 2 aromatic carbocycles. The topological polar surface area (TPSA) is 63.2 Å². The minimum atomic E-state index is -1.02. The molecule has 1 amide bonds. The first-order valence-corrected chi connectivity index (χ1v) is 8.63. The van der Waals surface area contributed by atoms with E-state index in [1.807, 2.05) is 24.3 Å². The zero-order chi connectivity index (χ0) is 19.9. The Bertz CT molecular complexity index is 979. The lowest BCUT2D eigenvalue weighted by Crippen LogP contribution is -2.13. The maximum Gasteiger partial charge on any atom is 0.257 e. The van der Waals surface area contributed by atoms with Gasteiger partial charge < -0.3 is 15.4 Å². The highest BCUT2D eigenvalue weighted by Gasteiger charge is 2.10. The van der Waals surface area contributed by atoms with Crippen LogP contribution in [0.1, 0.15) is 15.9 Å². The summed E-state index contributed by atoms with van der Waals surface area (Å²) in [6.07, 6.45) is 3.78. The van der Waals surface area contributed by atoms with Gasteiger partial charge in [0, 0.05) is 30.7 Å². The van der Waals surface area contributed by atoms with E-state index >= 15 is 0 Å². The van der Waals surface area contributed by atoms with E-state index < -0.39 is 17.5 Å². The summed E-state index contributed by atoms with van der Waals surface area (Å²) in [5.74, 6) is -1.66. The van der Waals surface area contributed by atoms with E-state index in [2.05, 4.69) is 15.6 Å². The molecule has 0 saturated heterocycles. The van der Waals surface area contributed by atoms with E-state index in [1.165, 1.54) is 12.3 Å². The van der Waals surface area contributed by atoms with E-state index in [9.17, 15) is 13.6 Å². The summed E-state index contributed by atoms with van der Waals surface area (Å²) in [5.41, 5.74) is 2.27. The van der Waals surface area contributed by atoms with Crippen molar-refractivity contribution in [3.05, 3.63) is 83.7 Å². The molecule has 2 N–H and O–H groups in total. The van der Waals surface area contributed by atoms with Crippen LogP contribution in [0.2, 0.25) is 0 Å². The van der Waals surface area contributed by atoms with Crippen LogP contribution in [0.15, 0.2) is 60.9 Å². The van der Waals surface area contributed by atoms with E-state index in [0.717, 1.165) is 29.9 Å². The molecule has 0 aliphatic heterocycles. The Labute approximate surface area is 161 Å². The number of nitrogens with zero attached hydrogens (tertiary/aromatic N) is 1. The maximum absolute atomic E-state index is 13.3. The molecule has 0 saturated carbocycles. The monoisotopic (exact) mass is 383 g/mol. The molecule has 144 valence electrons. The molecule has 3 rings (SSSR count). The van der Waals surface area contributed by atoms with Crippen LogP contribution >= 0.6 is 0 Å². The average Bonchev–Trinajstić information content (AvgIpc) is 2.71. The fraction of sp³-hybridized carbons (Fsp3) is 0.143. The molecular weight excluding hydrogens is 364 g/mol. The second-order valence-corrected chi connectivity index (χ2v) is 6.07. The minimum Gasteiger partial charge on any atom is -0.497 e. The Kier molecular flexibility index (Phi) is 6.16. The fourth-order valence-corrected chi connectivity index (χ4v) is 2.62. The van der Waals surface area contributed by atoms with Crippen LogP contribution in [0.25, 0.3) is 0 Å². The molecule has 1 heterocycles. The molecule has 0 unspecified atom stereocenters. The Morgan fingerprint density at radius 3 is 2.68 bits per heavy atom. The third kappa shape index (κ3) is 5.03. The van der Waals surface area contributed by atoms with E-state index in [-0.39, 0.29) is 5.69 Å². The highest BCUT2D eigenvalue weighted by atomic mass is 19.2. The number of carbonyl (C=O) groups is 1. The number of carbonyl (C=O) groups excluding carboxylic acids is 1. The Hall–Kier alpha value is -3.48. The average molecular weight is 383 g/mol. The number of amides is 1. The standard InChI is InChI=1S/C21H19F2N3O2/c1-28-18-4-2-3-14(9-18)7-8-25-17-10-15(12-24-13-17)21(27)26-16-5-6-19(22)20(23)11-16/h2-6,9-13,25H,7-8H2,1H3,(H,26,27). The van der Waals surface area contributed by atoms with Gasteiger partial charge in [0.15, 0.2) is 11.6 Å².